The van der Waals surface area contributed by atoms with Crippen LogP contribution >= 0.6 is 0 Å². The van der Waals surface area contributed by atoms with E-state index in [0.717, 1.165) is 12.1 Å². The van der Waals surface area contributed by atoms with Crippen molar-refractivity contribution < 1.29 is 32.9 Å². The molecule has 1 aromatic carbocycles. The van der Waals surface area contributed by atoms with Gasteiger partial charge in [0.15, 0.2) is 6.10 Å². The number of hydrogen-bond acceptors (Lipinski definition) is 5. The highest BCUT2D eigenvalue weighted by molar-refractivity contribution is 5.75. The van der Waals surface area contributed by atoms with Gasteiger partial charge < -0.3 is 14.9 Å². The summed E-state index contributed by atoms with van der Waals surface area (Å²) in [4.78, 5) is 11.3. The van der Waals surface area contributed by atoms with E-state index in [1.165, 1.54) is 6.92 Å². The molecule has 0 saturated carbocycles. The second kappa shape index (κ2) is 6.56. The van der Waals surface area contributed by atoms with Crippen LogP contribution in [0.15, 0.2) is 18.2 Å². The van der Waals surface area contributed by atoms with Crippen molar-refractivity contribution in [2.45, 2.75) is 25.3 Å². The molecule has 5 nitrogen and oxygen atoms in total. The number of carbonyl (C=O) groups is 1. The van der Waals surface area contributed by atoms with Crippen LogP contribution in [0, 0.1) is 11.3 Å². The predicted molar refractivity (Wildman–Crippen MR) is 63.8 cm³/mol. The van der Waals surface area contributed by atoms with Crippen LogP contribution in [0.2, 0.25) is 0 Å². The fraction of sp³-hybridized carbons (Fsp3) is 0.385. The number of nitrogens with zero attached hydrogens (tertiary/aromatic N) is 1. The van der Waals surface area contributed by atoms with E-state index < -0.39 is 35.5 Å². The Morgan fingerprint density at radius 1 is 1.43 bits per heavy atom. The molecule has 0 fully saturated rings. The molecule has 0 aliphatic rings. The smallest absolute Gasteiger partial charge is 0.416 e. The number of alkyl halides is 3. The molecule has 0 spiro atoms. The quantitative estimate of drug-likeness (QED) is 0.823. The summed E-state index contributed by atoms with van der Waals surface area (Å²) in [6, 6.07) is 3.97. The lowest BCUT2D eigenvalue weighted by Crippen LogP contribution is -2.31. The number of aliphatic hydroxyl groups is 2. The zero-order valence-corrected chi connectivity index (χ0v) is 10.9. The number of ether oxygens (including phenoxy) is 1. The van der Waals surface area contributed by atoms with Gasteiger partial charge in [-0.15, -0.1) is 0 Å². The summed E-state index contributed by atoms with van der Waals surface area (Å²) >= 11 is 0. The summed E-state index contributed by atoms with van der Waals surface area (Å²) < 4.78 is 43.2. The van der Waals surface area contributed by atoms with Gasteiger partial charge in [-0.1, -0.05) is 6.07 Å². The van der Waals surface area contributed by atoms with E-state index in [0.29, 0.717) is 6.07 Å². The van der Waals surface area contributed by atoms with Crippen molar-refractivity contribution in [1.29, 1.82) is 5.26 Å². The van der Waals surface area contributed by atoms with Crippen molar-refractivity contribution in [3.05, 3.63) is 34.9 Å². The van der Waals surface area contributed by atoms with Gasteiger partial charge in [0.2, 0.25) is 0 Å². The van der Waals surface area contributed by atoms with Gasteiger partial charge in [-0.25, -0.2) is 4.79 Å². The predicted octanol–water partition coefficient (Wildman–Crippen LogP) is 1.53. The van der Waals surface area contributed by atoms with E-state index in [9.17, 15) is 28.2 Å². The number of carbonyl (C=O) groups excluding carboxylic acids is 1. The van der Waals surface area contributed by atoms with Crippen LogP contribution in [0.4, 0.5) is 13.2 Å². The van der Waals surface area contributed by atoms with E-state index in [1.807, 2.05) is 0 Å². The molecule has 8 heteroatoms. The molecular formula is C13H12F3NO4. The molecule has 0 radical (unpaired) electrons. The Bertz CT molecular complexity index is 566. The van der Waals surface area contributed by atoms with Crippen LogP contribution in [0.25, 0.3) is 0 Å². The number of rotatable bonds is 4. The summed E-state index contributed by atoms with van der Waals surface area (Å²) in [6.45, 7) is 1.35. The molecule has 21 heavy (non-hydrogen) atoms. The molecule has 1 aromatic rings. The first-order valence-corrected chi connectivity index (χ1v) is 5.86. The van der Waals surface area contributed by atoms with Crippen molar-refractivity contribution in [3.63, 3.8) is 0 Å². The van der Waals surface area contributed by atoms with Gasteiger partial charge in [0.05, 0.1) is 23.8 Å². The zero-order chi connectivity index (χ0) is 16.2. The number of halogens is 3. The standard InChI is InChI=1S/C13H12F3NO4/c1-2-21-12(20)11(19)10(18)8-4-3-7(6-17)5-9(8)13(14,15)16/h3-5,10-11,18-19H,2H2,1H3. The van der Waals surface area contributed by atoms with Crippen LogP contribution in [-0.2, 0) is 15.7 Å². The summed E-state index contributed by atoms with van der Waals surface area (Å²) in [5.41, 5.74) is -2.26. The first-order valence-electron chi connectivity index (χ1n) is 5.86. The van der Waals surface area contributed by atoms with Gasteiger partial charge in [0.25, 0.3) is 0 Å². The highest BCUT2D eigenvalue weighted by atomic mass is 19.4. The van der Waals surface area contributed by atoms with E-state index in [2.05, 4.69) is 4.74 Å². The molecule has 114 valence electrons. The summed E-state index contributed by atoms with van der Waals surface area (Å²) in [5.74, 6) is -1.23. The molecule has 0 amide bonds. The summed E-state index contributed by atoms with van der Waals surface area (Å²) in [5, 5.41) is 27.9. The number of benzene rings is 1. The summed E-state index contributed by atoms with van der Waals surface area (Å²) in [7, 11) is 0. The summed E-state index contributed by atoms with van der Waals surface area (Å²) in [6.07, 6.45) is -9.12. The van der Waals surface area contributed by atoms with Crippen molar-refractivity contribution in [3.8, 4) is 6.07 Å². The van der Waals surface area contributed by atoms with Gasteiger partial charge in [-0.3, -0.25) is 0 Å². The van der Waals surface area contributed by atoms with Crippen LogP contribution in [-0.4, -0.2) is 28.9 Å². The van der Waals surface area contributed by atoms with Gasteiger partial charge in [-0.05, 0) is 24.6 Å². The van der Waals surface area contributed by atoms with Gasteiger partial charge in [0.1, 0.15) is 6.10 Å². The minimum absolute atomic E-state index is 0.0951. The molecule has 0 bridgehead atoms. The van der Waals surface area contributed by atoms with E-state index in [4.69, 9.17) is 5.26 Å². The van der Waals surface area contributed by atoms with Crippen molar-refractivity contribution >= 4 is 5.97 Å². The van der Waals surface area contributed by atoms with Crippen molar-refractivity contribution in [2.75, 3.05) is 6.61 Å². The fourth-order valence-corrected chi connectivity index (χ4v) is 1.66. The Morgan fingerprint density at radius 3 is 2.52 bits per heavy atom. The number of nitriles is 1. The Morgan fingerprint density at radius 2 is 2.05 bits per heavy atom. The average Bonchev–Trinajstić information content (AvgIpc) is 2.44. The third-order valence-corrected chi connectivity index (χ3v) is 2.63. The Balaban J connectivity index is 3.24. The molecule has 1 rings (SSSR count). The van der Waals surface area contributed by atoms with Crippen LogP contribution in [0.3, 0.4) is 0 Å². The Labute approximate surface area is 118 Å². The first-order chi connectivity index (χ1) is 9.72. The molecule has 0 aromatic heterocycles. The Kier molecular flexibility index (Phi) is 5.29. The molecule has 2 atom stereocenters. The lowest BCUT2D eigenvalue weighted by Gasteiger charge is -2.21. The molecule has 0 aliphatic carbocycles. The topological polar surface area (TPSA) is 90.6 Å². The minimum atomic E-state index is -4.85. The molecule has 0 heterocycles. The molecular weight excluding hydrogens is 291 g/mol. The van der Waals surface area contributed by atoms with Gasteiger partial charge in [-0.2, -0.15) is 18.4 Å². The second-order valence-electron chi connectivity index (χ2n) is 4.05. The normalized spacial score (nSPS) is 14.1. The lowest BCUT2D eigenvalue weighted by atomic mass is 9.96. The van der Waals surface area contributed by atoms with Crippen molar-refractivity contribution in [2.24, 2.45) is 0 Å². The molecule has 2 unspecified atom stereocenters. The van der Waals surface area contributed by atoms with Gasteiger partial charge >= 0.3 is 12.1 Å². The largest absolute Gasteiger partial charge is 0.464 e. The maximum atomic E-state index is 12.9. The van der Waals surface area contributed by atoms with Crippen LogP contribution < -0.4 is 0 Å². The monoisotopic (exact) mass is 303 g/mol. The molecule has 0 aliphatic heterocycles. The van der Waals surface area contributed by atoms with Gasteiger partial charge in [0, 0.05) is 0 Å². The van der Waals surface area contributed by atoms with Crippen LogP contribution in [0.1, 0.15) is 29.7 Å². The Hall–Kier alpha value is -2.11. The number of hydrogen-bond donors (Lipinski definition) is 2. The third kappa shape index (κ3) is 3.93. The van der Waals surface area contributed by atoms with Crippen LogP contribution in [0.5, 0.6) is 0 Å². The highest BCUT2D eigenvalue weighted by Gasteiger charge is 2.38. The fourth-order valence-electron chi connectivity index (χ4n) is 1.66. The average molecular weight is 303 g/mol. The number of aliphatic hydroxyl groups excluding tert-OH is 2. The minimum Gasteiger partial charge on any atom is -0.464 e. The SMILES string of the molecule is CCOC(=O)C(O)C(O)c1ccc(C#N)cc1C(F)(F)F. The first kappa shape index (κ1) is 16.9. The van der Waals surface area contributed by atoms with E-state index in [1.54, 1.807) is 6.07 Å². The second-order valence-corrected chi connectivity index (χ2v) is 4.05. The molecule has 2 N–H and O–H groups in total. The molecule has 0 saturated heterocycles. The highest BCUT2D eigenvalue weighted by Crippen LogP contribution is 2.36. The van der Waals surface area contributed by atoms with Crippen molar-refractivity contribution in [1.82, 2.24) is 0 Å². The zero-order valence-electron chi connectivity index (χ0n) is 10.9. The van der Waals surface area contributed by atoms with E-state index >= 15 is 0 Å². The third-order valence-electron chi connectivity index (χ3n) is 2.63. The maximum absolute atomic E-state index is 12.9. The maximum Gasteiger partial charge on any atom is 0.416 e. The number of esters is 1. The van der Waals surface area contributed by atoms with E-state index in [-0.39, 0.29) is 12.2 Å². The lowest BCUT2D eigenvalue weighted by molar-refractivity contribution is -0.161.